The van der Waals surface area contributed by atoms with Gasteiger partial charge in [-0.05, 0) is 28.1 Å². The van der Waals surface area contributed by atoms with Crippen molar-refractivity contribution in [3.8, 4) is 5.75 Å². The molecule has 4 nitrogen and oxygen atoms in total. The van der Waals surface area contributed by atoms with Crippen LogP contribution in [0.2, 0.25) is 0 Å². The van der Waals surface area contributed by atoms with Crippen LogP contribution >= 0.6 is 15.9 Å². The number of halogens is 1. The molecule has 0 saturated carbocycles. The van der Waals surface area contributed by atoms with E-state index in [-0.39, 0.29) is 0 Å². The lowest BCUT2D eigenvalue weighted by Gasteiger charge is -2.18. The zero-order chi connectivity index (χ0) is 13.1. The Hall–Kier alpha value is -1.33. The van der Waals surface area contributed by atoms with Gasteiger partial charge in [-0.15, -0.1) is 0 Å². The lowest BCUT2D eigenvalue weighted by Crippen LogP contribution is -2.29. The van der Waals surface area contributed by atoms with E-state index >= 15 is 0 Å². The molecule has 0 saturated heterocycles. The van der Waals surface area contributed by atoms with E-state index in [0.29, 0.717) is 6.61 Å². The molecule has 0 spiro atoms. The van der Waals surface area contributed by atoms with E-state index < -0.39 is 0 Å². The van der Waals surface area contributed by atoms with Gasteiger partial charge in [-0.1, -0.05) is 18.2 Å². The molecule has 5 heteroatoms. The third-order valence-corrected chi connectivity index (χ3v) is 3.88. The molecule has 1 aliphatic rings. The Labute approximate surface area is 120 Å². The zero-order valence-electron chi connectivity index (χ0n) is 10.6. The van der Waals surface area contributed by atoms with Gasteiger partial charge in [0.1, 0.15) is 16.2 Å². The molecule has 0 fully saturated rings. The molecule has 3 rings (SSSR count). The highest BCUT2D eigenvalue weighted by atomic mass is 79.9. The third-order valence-electron chi connectivity index (χ3n) is 3.24. The van der Waals surface area contributed by atoms with Crippen LogP contribution < -0.4 is 10.1 Å². The number of benzene rings is 1. The SMILES string of the molecule is Brc1nc(CCOc2ccccc2)n2c1CNCC2. The Bertz CT molecular complexity index is 553. The Morgan fingerprint density at radius 2 is 2.16 bits per heavy atom. The summed E-state index contributed by atoms with van der Waals surface area (Å²) in [6.07, 6.45) is 0.827. The molecule has 1 aromatic heterocycles. The van der Waals surface area contributed by atoms with Gasteiger partial charge in [-0.3, -0.25) is 0 Å². The van der Waals surface area contributed by atoms with Crippen molar-refractivity contribution in [2.45, 2.75) is 19.5 Å². The Balaban J connectivity index is 1.64. The van der Waals surface area contributed by atoms with Gasteiger partial charge in [-0.2, -0.15) is 0 Å². The van der Waals surface area contributed by atoms with Gasteiger partial charge in [0.15, 0.2) is 0 Å². The number of aromatic nitrogens is 2. The van der Waals surface area contributed by atoms with Crippen LogP contribution in [0.25, 0.3) is 0 Å². The second-order valence-corrected chi connectivity index (χ2v) is 5.26. The Kier molecular flexibility index (Phi) is 3.84. The monoisotopic (exact) mass is 321 g/mol. The van der Waals surface area contributed by atoms with Crippen LogP contribution in [0.1, 0.15) is 11.5 Å². The highest BCUT2D eigenvalue weighted by molar-refractivity contribution is 9.10. The summed E-state index contributed by atoms with van der Waals surface area (Å²) < 4.78 is 8.97. The number of ether oxygens (including phenoxy) is 1. The van der Waals surface area contributed by atoms with Crippen molar-refractivity contribution >= 4 is 15.9 Å². The lowest BCUT2D eigenvalue weighted by molar-refractivity contribution is 0.315. The van der Waals surface area contributed by atoms with E-state index in [1.165, 1.54) is 5.69 Å². The van der Waals surface area contributed by atoms with Gasteiger partial charge >= 0.3 is 0 Å². The molecule has 1 N–H and O–H groups in total. The minimum Gasteiger partial charge on any atom is -0.493 e. The summed E-state index contributed by atoms with van der Waals surface area (Å²) in [5.74, 6) is 2.01. The first-order chi connectivity index (χ1) is 9.34. The van der Waals surface area contributed by atoms with Crippen LogP contribution in [0.5, 0.6) is 5.75 Å². The quantitative estimate of drug-likeness (QED) is 0.939. The van der Waals surface area contributed by atoms with Crippen LogP contribution in [0.3, 0.4) is 0 Å². The van der Waals surface area contributed by atoms with E-state index in [1.807, 2.05) is 30.3 Å². The second kappa shape index (κ2) is 5.75. The average molecular weight is 322 g/mol. The number of para-hydroxylation sites is 1. The van der Waals surface area contributed by atoms with Crippen molar-refractivity contribution in [3.05, 3.63) is 46.5 Å². The van der Waals surface area contributed by atoms with Crippen LogP contribution in [0.4, 0.5) is 0 Å². The first kappa shape index (κ1) is 12.7. The van der Waals surface area contributed by atoms with Gasteiger partial charge in [0.25, 0.3) is 0 Å². The first-order valence-electron chi connectivity index (χ1n) is 6.47. The minimum absolute atomic E-state index is 0.653. The minimum atomic E-state index is 0.653. The van der Waals surface area contributed by atoms with E-state index in [1.54, 1.807) is 0 Å². The normalized spacial score (nSPS) is 14.2. The zero-order valence-corrected chi connectivity index (χ0v) is 12.2. The molecule has 0 unspecified atom stereocenters. The number of nitrogens with one attached hydrogen (secondary N) is 1. The van der Waals surface area contributed by atoms with E-state index in [0.717, 1.165) is 42.2 Å². The number of imidazole rings is 1. The van der Waals surface area contributed by atoms with Crippen molar-refractivity contribution < 1.29 is 4.74 Å². The molecular formula is C14H16BrN3O. The molecule has 0 atom stereocenters. The number of fused-ring (bicyclic) bond motifs is 1. The summed E-state index contributed by atoms with van der Waals surface area (Å²) in [5, 5.41) is 3.35. The van der Waals surface area contributed by atoms with Gasteiger partial charge in [-0.25, -0.2) is 4.98 Å². The largest absolute Gasteiger partial charge is 0.493 e. The maximum absolute atomic E-state index is 5.73. The summed E-state index contributed by atoms with van der Waals surface area (Å²) in [5.41, 5.74) is 1.24. The number of hydrogen-bond acceptors (Lipinski definition) is 3. The van der Waals surface area contributed by atoms with Crippen molar-refractivity contribution in [2.75, 3.05) is 13.2 Å². The van der Waals surface area contributed by atoms with Gasteiger partial charge in [0.2, 0.25) is 0 Å². The number of nitrogens with zero attached hydrogens (tertiary/aromatic N) is 2. The molecule has 2 aromatic rings. The number of hydrogen-bond donors (Lipinski definition) is 1. The van der Waals surface area contributed by atoms with Crippen molar-refractivity contribution in [2.24, 2.45) is 0 Å². The maximum atomic E-state index is 5.73. The third kappa shape index (κ3) is 2.82. The molecule has 1 aromatic carbocycles. The van der Waals surface area contributed by atoms with Crippen LogP contribution in [-0.4, -0.2) is 22.7 Å². The summed E-state index contributed by atoms with van der Waals surface area (Å²) in [6, 6.07) is 9.90. The fraction of sp³-hybridized carbons (Fsp3) is 0.357. The molecular weight excluding hydrogens is 306 g/mol. The number of rotatable bonds is 4. The molecule has 19 heavy (non-hydrogen) atoms. The van der Waals surface area contributed by atoms with Crippen molar-refractivity contribution in [1.82, 2.24) is 14.9 Å². The molecule has 2 heterocycles. The van der Waals surface area contributed by atoms with Crippen molar-refractivity contribution in [3.63, 3.8) is 0 Å². The topological polar surface area (TPSA) is 39.1 Å². The van der Waals surface area contributed by atoms with Crippen molar-refractivity contribution in [1.29, 1.82) is 0 Å². The van der Waals surface area contributed by atoms with Gasteiger partial charge < -0.3 is 14.6 Å². The Morgan fingerprint density at radius 1 is 1.32 bits per heavy atom. The van der Waals surface area contributed by atoms with Gasteiger partial charge in [0.05, 0.1) is 12.3 Å². The fourth-order valence-corrected chi connectivity index (χ4v) is 2.86. The summed E-state index contributed by atoms with van der Waals surface area (Å²) in [4.78, 5) is 4.58. The van der Waals surface area contributed by atoms with E-state index in [2.05, 4.69) is 30.8 Å². The standard InChI is InChI=1S/C14H16BrN3O/c15-14-12-10-16-7-8-18(12)13(17-14)6-9-19-11-4-2-1-3-5-11/h1-5,16H,6-10H2. The fourth-order valence-electron chi connectivity index (χ4n) is 2.30. The predicted molar refractivity (Wildman–Crippen MR) is 77.3 cm³/mol. The Morgan fingerprint density at radius 3 is 3.00 bits per heavy atom. The highest BCUT2D eigenvalue weighted by Crippen LogP contribution is 2.20. The molecule has 0 radical (unpaired) electrons. The van der Waals surface area contributed by atoms with Gasteiger partial charge in [0, 0.05) is 26.1 Å². The molecule has 0 bridgehead atoms. The average Bonchev–Trinajstić information content (AvgIpc) is 2.78. The highest BCUT2D eigenvalue weighted by Gasteiger charge is 2.17. The van der Waals surface area contributed by atoms with Crippen LogP contribution in [0.15, 0.2) is 34.9 Å². The summed E-state index contributed by atoms with van der Waals surface area (Å²) >= 11 is 3.53. The van der Waals surface area contributed by atoms with E-state index in [4.69, 9.17) is 4.74 Å². The second-order valence-electron chi connectivity index (χ2n) is 4.51. The van der Waals surface area contributed by atoms with Crippen LogP contribution in [-0.2, 0) is 19.5 Å². The molecule has 1 aliphatic heterocycles. The van der Waals surface area contributed by atoms with Crippen LogP contribution in [0, 0.1) is 0 Å². The van der Waals surface area contributed by atoms with E-state index in [9.17, 15) is 0 Å². The molecule has 0 amide bonds. The maximum Gasteiger partial charge on any atom is 0.128 e. The predicted octanol–water partition coefficient (Wildman–Crippen LogP) is 2.37. The first-order valence-corrected chi connectivity index (χ1v) is 7.26. The summed E-state index contributed by atoms with van der Waals surface area (Å²) in [6.45, 7) is 3.52. The molecule has 100 valence electrons. The smallest absolute Gasteiger partial charge is 0.128 e. The lowest BCUT2D eigenvalue weighted by atomic mass is 10.3. The molecule has 0 aliphatic carbocycles. The summed E-state index contributed by atoms with van der Waals surface area (Å²) in [7, 11) is 0.